The summed E-state index contributed by atoms with van der Waals surface area (Å²) in [6.07, 6.45) is 5.15. The number of rotatable bonds is 7. The number of carbonyl (C=O) groups excluding carboxylic acids is 1. The molecule has 0 saturated heterocycles. The first-order valence-corrected chi connectivity index (χ1v) is 10.7. The number of imidazole rings is 1. The Morgan fingerprint density at radius 2 is 2.06 bits per heavy atom. The van der Waals surface area contributed by atoms with E-state index in [9.17, 15) is 4.79 Å². The number of H-pyrrole nitrogens is 1. The average molecular weight is 462 g/mol. The number of ketones is 1. The summed E-state index contributed by atoms with van der Waals surface area (Å²) in [5.74, 6) is 0.378. The number of methoxy groups -OCH3 is 1. The van der Waals surface area contributed by atoms with Crippen LogP contribution in [0.2, 0.25) is 5.02 Å². The first-order valence-electron chi connectivity index (χ1n) is 10.3. The molecule has 9 heteroatoms. The van der Waals surface area contributed by atoms with Gasteiger partial charge in [-0.2, -0.15) is 4.98 Å². The lowest BCUT2D eigenvalue weighted by Gasteiger charge is -2.13. The van der Waals surface area contributed by atoms with Crippen molar-refractivity contribution < 1.29 is 14.1 Å². The molecular formula is C24H20ClN5O3. The van der Waals surface area contributed by atoms with Crippen LogP contribution in [0, 0.1) is 6.92 Å². The fourth-order valence-electron chi connectivity index (χ4n) is 3.97. The van der Waals surface area contributed by atoms with Gasteiger partial charge in [0, 0.05) is 45.1 Å². The van der Waals surface area contributed by atoms with E-state index in [1.807, 2.05) is 35.9 Å². The van der Waals surface area contributed by atoms with Crippen molar-refractivity contribution in [2.24, 2.45) is 0 Å². The number of hydrogen-bond acceptors (Lipinski definition) is 6. The van der Waals surface area contributed by atoms with E-state index in [1.54, 1.807) is 43.9 Å². The van der Waals surface area contributed by atoms with Crippen LogP contribution in [0.3, 0.4) is 0 Å². The highest BCUT2D eigenvalue weighted by Gasteiger charge is 2.33. The van der Waals surface area contributed by atoms with Gasteiger partial charge in [0.25, 0.3) is 0 Å². The Hall–Kier alpha value is -3.91. The summed E-state index contributed by atoms with van der Waals surface area (Å²) in [5.41, 5.74) is 2.98. The maximum atomic E-state index is 13.8. The molecule has 0 aliphatic carbocycles. The number of carbonyl (C=O) groups is 1. The number of aromatic nitrogens is 5. The molecule has 3 heterocycles. The molecule has 1 atom stereocenters. The van der Waals surface area contributed by atoms with Crippen molar-refractivity contribution in [2.45, 2.75) is 19.4 Å². The summed E-state index contributed by atoms with van der Waals surface area (Å²) in [5, 5.41) is 5.52. The third-order valence-electron chi connectivity index (χ3n) is 5.54. The van der Waals surface area contributed by atoms with Crippen LogP contribution in [-0.4, -0.2) is 37.6 Å². The number of aromatic amines is 1. The Kier molecular flexibility index (Phi) is 5.43. The van der Waals surface area contributed by atoms with Crippen LogP contribution < -0.4 is 4.74 Å². The number of benzene rings is 2. The lowest BCUT2D eigenvalue weighted by molar-refractivity contribution is 0.0961. The maximum Gasteiger partial charge on any atom is 0.242 e. The van der Waals surface area contributed by atoms with Gasteiger partial charge >= 0.3 is 0 Å². The van der Waals surface area contributed by atoms with Crippen molar-refractivity contribution in [1.82, 2.24) is 24.7 Å². The van der Waals surface area contributed by atoms with E-state index in [4.69, 9.17) is 20.9 Å². The third kappa shape index (κ3) is 4.01. The summed E-state index contributed by atoms with van der Waals surface area (Å²) >= 11 is 6.04. The number of Topliss-reactive ketones (excluding diaryl/α,β-unsaturated/α-hetero) is 1. The topological polar surface area (TPSA) is 98.8 Å². The fourth-order valence-corrected chi connectivity index (χ4v) is 4.09. The van der Waals surface area contributed by atoms with Crippen LogP contribution in [0.15, 0.2) is 65.7 Å². The number of nitrogens with zero attached hydrogens (tertiary/aromatic N) is 4. The summed E-state index contributed by atoms with van der Waals surface area (Å²) in [4.78, 5) is 25.8. The monoisotopic (exact) mass is 461 g/mol. The molecule has 0 amide bonds. The second-order valence-electron chi connectivity index (χ2n) is 7.66. The van der Waals surface area contributed by atoms with Crippen molar-refractivity contribution in [1.29, 1.82) is 0 Å². The van der Waals surface area contributed by atoms with Crippen LogP contribution in [0.4, 0.5) is 0 Å². The van der Waals surface area contributed by atoms with Gasteiger partial charge in [-0.05, 0) is 49.4 Å². The Bertz CT molecular complexity index is 1420. The lowest BCUT2D eigenvalue weighted by atomic mass is 9.88. The van der Waals surface area contributed by atoms with Crippen molar-refractivity contribution in [3.05, 3.63) is 94.7 Å². The number of ether oxygens (including phenoxy) is 1. The lowest BCUT2D eigenvalue weighted by Crippen LogP contribution is -2.16. The summed E-state index contributed by atoms with van der Waals surface area (Å²) in [6.45, 7) is 2.30. The Labute approximate surface area is 194 Å². The quantitative estimate of drug-likeness (QED) is 0.350. The highest BCUT2D eigenvalue weighted by Crippen LogP contribution is 2.37. The molecule has 0 fully saturated rings. The molecule has 8 nitrogen and oxygen atoms in total. The van der Waals surface area contributed by atoms with E-state index in [1.165, 1.54) is 0 Å². The number of aryl methyl sites for hydroxylation is 1. The van der Waals surface area contributed by atoms with Crippen LogP contribution >= 0.6 is 11.6 Å². The highest BCUT2D eigenvalue weighted by atomic mass is 35.5. The molecular weight excluding hydrogens is 442 g/mol. The first kappa shape index (κ1) is 21.0. The van der Waals surface area contributed by atoms with Gasteiger partial charge in [0.15, 0.2) is 11.6 Å². The minimum absolute atomic E-state index is 0.170. The smallest absolute Gasteiger partial charge is 0.242 e. The van der Waals surface area contributed by atoms with E-state index >= 15 is 0 Å². The molecule has 5 aromatic rings. The number of fused-ring (bicyclic) bond motifs is 1. The van der Waals surface area contributed by atoms with Gasteiger partial charge < -0.3 is 18.8 Å². The zero-order valence-corrected chi connectivity index (χ0v) is 18.7. The molecule has 0 aliphatic heterocycles. The van der Waals surface area contributed by atoms with E-state index < -0.39 is 5.92 Å². The molecule has 2 aromatic carbocycles. The van der Waals surface area contributed by atoms with Crippen molar-refractivity contribution in [3.63, 3.8) is 0 Å². The highest BCUT2D eigenvalue weighted by molar-refractivity contribution is 6.30. The first-order chi connectivity index (χ1) is 16.0. The molecule has 166 valence electrons. The van der Waals surface area contributed by atoms with Crippen LogP contribution in [0.5, 0.6) is 5.75 Å². The van der Waals surface area contributed by atoms with Crippen molar-refractivity contribution >= 4 is 28.3 Å². The molecule has 0 bridgehead atoms. The second kappa shape index (κ2) is 8.55. The predicted octanol–water partition coefficient (Wildman–Crippen LogP) is 4.78. The van der Waals surface area contributed by atoms with E-state index in [0.717, 1.165) is 22.2 Å². The van der Waals surface area contributed by atoms with Crippen LogP contribution in [0.25, 0.3) is 10.9 Å². The van der Waals surface area contributed by atoms with Crippen LogP contribution in [-0.2, 0) is 6.54 Å². The number of nitrogens with one attached hydrogen (secondary N) is 1. The molecule has 1 unspecified atom stereocenters. The summed E-state index contributed by atoms with van der Waals surface area (Å²) < 4.78 is 12.9. The molecule has 0 radical (unpaired) electrons. The molecule has 0 saturated carbocycles. The van der Waals surface area contributed by atoms with Crippen molar-refractivity contribution in [2.75, 3.05) is 7.11 Å². The number of hydrogen-bond donors (Lipinski definition) is 1. The molecule has 3 aromatic heterocycles. The van der Waals surface area contributed by atoms with Gasteiger partial charge in [-0.25, -0.2) is 4.98 Å². The van der Waals surface area contributed by atoms with E-state index in [2.05, 4.69) is 20.1 Å². The zero-order valence-electron chi connectivity index (χ0n) is 17.9. The normalized spacial score (nSPS) is 12.2. The Morgan fingerprint density at radius 3 is 2.79 bits per heavy atom. The van der Waals surface area contributed by atoms with Crippen molar-refractivity contribution in [3.8, 4) is 5.75 Å². The molecule has 1 N–H and O–H groups in total. The van der Waals surface area contributed by atoms with Crippen LogP contribution in [0.1, 0.15) is 39.2 Å². The van der Waals surface area contributed by atoms with E-state index in [0.29, 0.717) is 28.7 Å². The predicted molar refractivity (Wildman–Crippen MR) is 123 cm³/mol. The van der Waals surface area contributed by atoms with Gasteiger partial charge in [0.05, 0.1) is 20.0 Å². The third-order valence-corrected chi connectivity index (χ3v) is 5.79. The SMILES string of the molecule is COc1ccc2[nH]c(C)c(C(C(=O)c3ccc(Cl)cc3)c3nc(Cn4ccnc4)no3)c2c1. The van der Waals surface area contributed by atoms with Gasteiger partial charge in [0.1, 0.15) is 11.7 Å². The molecule has 33 heavy (non-hydrogen) atoms. The summed E-state index contributed by atoms with van der Waals surface area (Å²) in [6, 6.07) is 12.5. The molecule has 0 spiro atoms. The average Bonchev–Trinajstić information content (AvgIpc) is 3.56. The maximum absolute atomic E-state index is 13.8. The summed E-state index contributed by atoms with van der Waals surface area (Å²) in [7, 11) is 1.61. The second-order valence-corrected chi connectivity index (χ2v) is 8.10. The van der Waals surface area contributed by atoms with Gasteiger partial charge in [-0.1, -0.05) is 16.8 Å². The van der Waals surface area contributed by atoms with E-state index in [-0.39, 0.29) is 11.7 Å². The Morgan fingerprint density at radius 1 is 1.24 bits per heavy atom. The standard InChI is InChI=1S/C24H20ClN5O3/c1-14-21(18-11-17(32-2)7-8-19(18)27-14)22(23(31)15-3-5-16(25)6-4-15)24-28-20(29-33-24)12-30-10-9-26-13-30/h3-11,13,22,27H,12H2,1-2H3. The van der Waals surface area contributed by atoms with Gasteiger partial charge in [0.2, 0.25) is 5.89 Å². The number of halogens is 1. The molecule has 5 rings (SSSR count). The minimum Gasteiger partial charge on any atom is -0.497 e. The van der Waals surface area contributed by atoms with Gasteiger partial charge in [-0.3, -0.25) is 4.79 Å². The minimum atomic E-state index is -0.809. The van der Waals surface area contributed by atoms with Gasteiger partial charge in [-0.15, -0.1) is 0 Å². The fraction of sp³-hybridized carbons (Fsp3) is 0.167. The molecule has 0 aliphatic rings. The largest absolute Gasteiger partial charge is 0.497 e. The Balaban J connectivity index is 1.64. The zero-order chi connectivity index (χ0) is 22.9.